The Morgan fingerprint density at radius 2 is 1.59 bits per heavy atom. The fraction of sp³-hybridized carbons (Fsp3) is 0.409. The van der Waals surface area contributed by atoms with Crippen LogP contribution >= 0.6 is 0 Å². The molecular weight excluding hydrogens is 383 g/mol. The van der Waals surface area contributed by atoms with Gasteiger partial charge >= 0.3 is 6.18 Å². The van der Waals surface area contributed by atoms with Gasteiger partial charge in [-0.15, -0.1) is 0 Å². The van der Waals surface area contributed by atoms with Crippen molar-refractivity contribution in [1.82, 2.24) is 4.90 Å². The monoisotopic (exact) mass is 407 g/mol. The molecule has 4 nitrogen and oxygen atoms in total. The van der Waals surface area contributed by atoms with Gasteiger partial charge in [-0.3, -0.25) is 4.79 Å². The standard InChI is InChI=1S/C22H24F3NO3/c1-3-28-19-12-16-9-10-26(14-17(16)13-20(19)29-4-2)21(27)11-15-5-7-18(8-6-15)22(23,24)25/h5-8,12-13H,3-4,9-11,14H2,1-2H3. The molecule has 156 valence electrons. The quantitative estimate of drug-likeness (QED) is 0.701. The van der Waals surface area contributed by atoms with Crippen molar-refractivity contribution in [3.05, 3.63) is 58.7 Å². The van der Waals surface area contributed by atoms with Crippen LogP contribution in [0.15, 0.2) is 36.4 Å². The number of carbonyl (C=O) groups is 1. The minimum atomic E-state index is -4.38. The Morgan fingerprint density at radius 1 is 1.00 bits per heavy atom. The molecule has 0 spiro atoms. The molecule has 0 fully saturated rings. The van der Waals surface area contributed by atoms with Gasteiger partial charge in [-0.25, -0.2) is 0 Å². The maximum absolute atomic E-state index is 12.7. The van der Waals surface area contributed by atoms with Crippen LogP contribution in [0.4, 0.5) is 13.2 Å². The third-order valence-electron chi connectivity index (χ3n) is 4.87. The zero-order chi connectivity index (χ0) is 21.0. The van der Waals surface area contributed by atoms with Crippen molar-refractivity contribution in [3.8, 4) is 11.5 Å². The lowest BCUT2D eigenvalue weighted by Crippen LogP contribution is -2.37. The molecule has 0 aromatic heterocycles. The van der Waals surface area contributed by atoms with Crippen molar-refractivity contribution >= 4 is 5.91 Å². The lowest BCUT2D eigenvalue weighted by molar-refractivity contribution is -0.137. The van der Waals surface area contributed by atoms with Crippen molar-refractivity contribution in [2.45, 2.75) is 39.4 Å². The summed E-state index contributed by atoms with van der Waals surface area (Å²) in [7, 11) is 0. The highest BCUT2D eigenvalue weighted by atomic mass is 19.4. The van der Waals surface area contributed by atoms with Gasteiger partial charge in [0.1, 0.15) is 0 Å². The predicted octanol–water partition coefficient (Wildman–Crippen LogP) is 4.63. The van der Waals surface area contributed by atoms with Crippen LogP contribution in [0.3, 0.4) is 0 Å². The number of benzene rings is 2. The van der Waals surface area contributed by atoms with Gasteiger partial charge < -0.3 is 14.4 Å². The highest BCUT2D eigenvalue weighted by molar-refractivity contribution is 5.79. The zero-order valence-corrected chi connectivity index (χ0v) is 16.5. The second-order valence-corrected chi connectivity index (χ2v) is 6.87. The maximum Gasteiger partial charge on any atom is 0.416 e. The minimum Gasteiger partial charge on any atom is -0.490 e. The zero-order valence-electron chi connectivity index (χ0n) is 16.5. The highest BCUT2D eigenvalue weighted by Gasteiger charge is 2.30. The topological polar surface area (TPSA) is 38.8 Å². The van der Waals surface area contributed by atoms with E-state index in [9.17, 15) is 18.0 Å². The number of nitrogens with zero attached hydrogens (tertiary/aromatic N) is 1. The van der Waals surface area contributed by atoms with Gasteiger partial charge in [0.25, 0.3) is 0 Å². The fourth-order valence-electron chi connectivity index (χ4n) is 3.41. The molecule has 1 heterocycles. The molecule has 0 saturated carbocycles. The third-order valence-corrected chi connectivity index (χ3v) is 4.87. The largest absolute Gasteiger partial charge is 0.490 e. The molecule has 1 aliphatic heterocycles. The maximum atomic E-state index is 12.7. The summed E-state index contributed by atoms with van der Waals surface area (Å²) in [4.78, 5) is 14.4. The molecule has 0 aliphatic carbocycles. The van der Waals surface area contributed by atoms with Crippen LogP contribution in [-0.4, -0.2) is 30.6 Å². The van der Waals surface area contributed by atoms with Crippen LogP contribution in [0.5, 0.6) is 11.5 Å². The Kier molecular flexibility index (Phi) is 6.35. The number of fused-ring (bicyclic) bond motifs is 1. The van der Waals surface area contributed by atoms with Gasteiger partial charge in [-0.05, 0) is 61.2 Å². The Balaban J connectivity index is 1.71. The van der Waals surface area contributed by atoms with Gasteiger partial charge in [0.15, 0.2) is 11.5 Å². The van der Waals surface area contributed by atoms with Crippen molar-refractivity contribution in [2.75, 3.05) is 19.8 Å². The van der Waals surface area contributed by atoms with E-state index < -0.39 is 11.7 Å². The number of carbonyl (C=O) groups excluding carboxylic acids is 1. The first kappa shape index (κ1) is 21.0. The van der Waals surface area contributed by atoms with Gasteiger partial charge in [0, 0.05) is 13.1 Å². The van der Waals surface area contributed by atoms with Crippen molar-refractivity contribution in [1.29, 1.82) is 0 Å². The molecule has 0 unspecified atom stereocenters. The molecule has 0 atom stereocenters. The molecule has 0 N–H and O–H groups in total. The first-order valence-corrected chi connectivity index (χ1v) is 9.67. The molecule has 7 heteroatoms. The summed E-state index contributed by atoms with van der Waals surface area (Å²) in [5.41, 5.74) is 1.98. The summed E-state index contributed by atoms with van der Waals surface area (Å²) >= 11 is 0. The lowest BCUT2D eigenvalue weighted by Gasteiger charge is -2.30. The van der Waals surface area contributed by atoms with Crippen LogP contribution in [0.1, 0.15) is 36.1 Å². The van der Waals surface area contributed by atoms with Gasteiger partial charge in [0.05, 0.1) is 25.2 Å². The first-order chi connectivity index (χ1) is 13.8. The van der Waals surface area contributed by atoms with E-state index in [0.29, 0.717) is 49.8 Å². The molecule has 1 amide bonds. The van der Waals surface area contributed by atoms with Crippen LogP contribution in [0.25, 0.3) is 0 Å². The van der Waals surface area contributed by atoms with E-state index in [-0.39, 0.29) is 12.3 Å². The molecule has 1 aliphatic rings. The van der Waals surface area contributed by atoms with Gasteiger partial charge in [-0.1, -0.05) is 12.1 Å². The summed E-state index contributed by atoms with van der Waals surface area (Å²) in [6.45, 7) is 5.87. The van der Waals surface area contributed by atoms with Crippen LogP contribution in [0, 0.1) is 0 Å². The summed E-state index contributed by atoms with van der Waals surface area (Å²) in [5.74, 6) is 1.25. The summed E-state index contributed by atoms with van der Waals surface area (Å²) < 4.78 is 49.4. The highest BCUT2D eigenvalue weighted by Crippen LogP contribution is 2.34. The summed E-state index contributed by atoms with van der Waals surface area (Å²) in [6, 6.07) is 8.64. The van der Waals surface area contributed by atoms with Crippen LogP contribution < -0.4 is 9.47 Å². The number of halogens is 3. The van der Waals surface area contributed by atoms with Crippen molar-refractivity contribution < 1.29 is 27.4 Å². The molecule has 2 aromatic carbocycles. The van der Waals surface area contributed by atoms with E-state index in [1.807, 2.05) is 26.0 Å². The second-order valence-electron chi connectivity index (χ2n) is 6.87. The van der Waals surface area contributed by atoms with Gasteiger partial charge in [0.2, 0.25) is 5.91 Å². The predicted molar refractivity (Wildman–Crippen MR) is 103 cm³/mol. The Bertz CT molecular complexity index is 863. The fourth-order valence-corrected chi connectivity index (χ4v) is 3.41. The van der Waals surface area contributed by atoms with Crippen molar-refractivity contribution in [2.24, 2.45) is 0 Å². The number of hydrogen-bond donors (Lipinski definition) is 0. The van der Waals surface area contributed by atoms with E-state index in [1.165, 1.54) is 12.1 Å². The Morgan fingerprint density at radius 3 is 2.14 bits per heavy atom. The first-order valence-electron chi connectivity index (χ1n) is 9.67. The molecule has 0 radical (unpaired) electrons. The summed E-state index contributed by atoms with van der Waals surface area (Å²) in [5, 5.41) is 0. The van der Waals surface area contributed by atoms with Crippen molar-refractivity contribution in [3.63, 3.8) is 0 Å². The van der Waals surface area contributed by atoms with E-state index in [2.05, 4.69) is 0 Å². The van der Waals surface area contributed by atoms with Crippen LogP contribution in [0.2, 0.25) is 0 Å². The SMILES string of the molecule is CCOc1cc2c(cc1OCC)CN(C(=O)Cc1ccc(C(F)(F)F)cc1)CC2. The normalized spacial score (nSPS) is 13.8. The molecule has 0 bridgehead atoms. The molecular formula is C22H24F3NO3. The minimum absolute atomic E-state index is 0.0722. The van der Waals surface area contributed by atoms with E-state index in [4.69, 9.17) is 9.47 Å². The van der Waals surface area contributed by atoms with E-state index >= 15 is 0 Å². The van der Waals surface area contributed by atoms with Crippen LogP contribution in [-0.2, 0) is 30.4 Å². The molecule has 29 heavy (non-hydrogen) atoms. The third kappa shape index (κ3) is 5.02. The average Bonchev–Trinajstić information content (AvgIpc) is 2.68. The smallest absolute Gasteiger partial charge is 0.416 e. The average molecular weight is 407 g/mol. The number of hydrogen-bond acceptors (Lipinski definition) is 3. The molecule has 3 rings (SSSR count). The molecule has 2 aromatic rings. The Hall–Kier alpha value is -2.70. The number of alkyl halides is 3. The number of amides is 1. The number of rotatable bonds is 6. The Labute approximate surface area is 168 Å². The van der Waals surface area contributed by atoms with E-state index in [0.717, 1.165) is 23.3 Å². The summed E-state index contributed by atoms with van der Waals surface area (Å²) in [6.07, 6.45) is -3.61. The lowest BCUT2D eigenvalue weighted by atomic mass is 9.98. The molecule has 0 saturated heterocycles. The second kappa shape index (κ2) is 8.76. The van der Waals surface area contributed by atoms with Gasteiger partial charge in [-0.2, -0.15) is 13.2 Å². The number of ether oxygens (including phenoxy) is 2. The van der Waals surface area contributed by atoms with E-state index in [1.54, 1.807) is 4.90 Å².